The zero-order valence-electron chi connectivity index (χ0n) is 10.4. The van der Waals surface area contributed by atoms with Gasteiger partial charge in [-0.1, -0.05) is 26.5 Å². The molecule has 0 aromatic rings. The Hall–Kier alpha value is -1.52. The maximum atomic E-state index is 11.6. The number of carbonyl (C=O) groups is 2. The highest BCUT2D eigenvalue weighted by atomic mass is 16.6. The molecule has 5 nitrogen and oxygen atoms in total. The summed E-state index contributed by atoms with van der Waals surface area (Å²) >= 11 is 0. The lowest BCUT2D eigenvalue weighted by Crippen LogP contribution is -2.56. The summed E-state index contributed by atoms with van der Waals surface area (Å²) in [5.74, 6) is 0.349. The summed E-state index contributed by atoms with van der Waals surface area (Å²) in [6.45, 7) is 8.40. The van der Waals surface area contributed by atoms with Crippen LogP contribution in [0.15, 0.2) is 12.7 Å². The molecule has 1 aliphatic rings. The van der Waals surface area contributed by atoms with Crippen molar-refractivity contribution in [3.8, 4) is 0 Å². The second-order valence-electron chi connectivity index (χ2n) is 4.64. The van der Waals surface area contributed by atoms with Crippen LogP contribution in [-0.2, 0) is 9.53 Å². The highest BCUT2D eigenvalue weighted by Gasteiger charge is 2.28. The fourth-order valence-corrected chi connectivity index (χ4v) is 1.89. The second kappa shape index (κ2) is 6.27. The summed E-state index contributed by atoms with van der Waals surface area (Å²) in [5, 5.41) is 2.88. The van der Waals surface area contributed by atoms with Crippen molar-refractivity contribution in [3.05, 3.63) is 12.7 Å². The minimum atomic E-state index is -0.450. The van der Waals surface area contributed by atoms with E-state index in [9.17, 15) is 9.59 Å². The van der Waals surface area contributed by atoms with Gasteiger partial charge in [0.1, 0.15) is 13.2 Å². The zero-order valence-corrected chi connectivity index (χ0v) is 10.4. The molecule has 0 unspecified atom stereocenters. The molecule has 0 aromatic heterocycles. The molecule has 0 spiro atoms. The fourth-order valence-electron chi connectivity index (χ4n) is 1.89. The molecular formula is C12H20N2O3. The normalized spacial score (nSPS) is 20.1. The van der Waals surface area contributed by atoms with Crippen molar-refractivity contribution in [2.24, 2.45) is 5.92 Å². The molecule has 1 N–H and O–H groups in total. The molecule has 2 amide bonds. The van der Waals surface area contributed by atoms with Gasteiger partial charge in [0.05, 0.1) is 0 Å². The summed E-state index contributed by atoms with van der Waals surface area (Å²) in [6, 6.07) is 0.0209. The molecule has 96 valence electrons. The van der Waals surface area contributed by atoms with Crippen molar-refractivity contribution in [1.82, 2.24) is 10.2 Å². The van der Waals surface area contributed by atoms with Crippen LogP contribution in [0.2, 0.25) is 0 Å². The number of carbonyl (C=O) groups excluding carboxylic acids is 2. The van der Waals surface area contributed by atoms with E-state index in [1.165, 1.54) is 11.0 Å². The maximum Gasteiger partial charge on any atom is 0.410 e. The van der Waals surface area contributed by atoms with Crippen LogP contribution in [0, 0.1) is 5.92 Å². The molecule has 1 fully saturated rings. The number of piperazine rings is 1. The third-order valence-corrected chi connectivity index (χ3v) is 2.48. The third-order valence-electron chi connectivity index (χ3n) is 2.48. The largest absolute Gasteiger partial charge is 0.445 e. The predicted molar refractivity (Wildman–Crippen MR) is 64.5 cm³/mol. The summed E-state index contributed by atoms with van der Waals surface area (Å²) < 4.78 is 4.92. The average Bonchev–Trinajstić information content (AvgIpc) is 2.24. The van der Waals surface area contributed by atoms with Crippen LogP contribution in [0.5, 0.6) is 0 Å². The standard InChI is InChI=1S/C12H20N2O3/c1-4-5-17-12(16)14-7-10(6-9(2)3)13-11(15)8-14/h4,9-10H,1,5-8H2,2-3H3,(H,13,15)/t10-/m1/s1. The molecule has 17 heavy (non-hydrogen) atoms. The Bertz CT molecular complexity index is 302. The first-order valence-corrected chi connectivity index (χ1v) is 5.85. The molecule has 1 rings (SSSR count). The number of hydrogen-bond acceptors (Lipinski definition) is 3. The summed E-state index contributed by atoms with van der Waals surface area (Å²) in [5.41, 5.74) is 0. The van der Waals surface area contributed by atoms with Crippen LogP contribution in [-0.4, -0.2) is 42.6 Å². The molecular weight excluding hydrogens is 220 g/mol. The molecule has 1 heterocycles. The maximum absolute atomic E-state index is 11.6. The van der Waals surface area contributed by atoms with Gasteiger partial charge in [0.25, 0.3) is 0 Å². The van der Waals surface area contributed by atoms with Gasteiger partial charge in [-0.25, -0.2) is 4.79 Å². The van der Waals surface area contributed by atoms with Gasteiger partial charge in [0, 0.05) is 12.6 Å². The van der Waals surface area contributed by atoms with E-state index in [-0.39, 0.29) is 25.1 Å². The molecule has 5 heteroatoms. The highest BCUT2D eigenvalue weighted by molar-refractivity contribution is 5.83. The van der Waals surface area contributed by atoms with E-state index >= 15 is 0 Å². The number of nitrogens with one attached hydrogen (secondary N) is 1. The van der Waals surface area contributed by atoms with E-state index in [1.807, 2.05) is 0 Å². The molecule has 0 radical (unpaired) electrons. The van der Waals surface area contributed by atoms with E-state index in [1.54, 1.807) is 0 Å². The molecule has 1 aliphatic heterocycles. The van der Waals surface area contributed by atoms with Crippen molar-refractivity contribution < 1.29 is 14.3 Å². The van der Waals surface area contributed by atoms with E-state index in [0.717, 1.165) is 6.42 Å². The van der Waals surface area contributed by atoms with Gasteiger partial charge in [0.2, 0.25) is 5.91 Å². The number of rotatable bonds is 4. The van der Waals surface area contributed by atoms with Gasteiger partial charge >= 0.3 is 6.09 Å². The molecule has 1 saturated heterocycles. The Morgan fingerprint density at radius 3 is 3.00 bits per heavy atom. The number of nitrogens with zero attached hydrogens (tertiary/aromatic N) is 1. The van der Waals surface area contributed by atoms with Crippen LogP contribution in [0.25, 0.3) is 0 Å². The Morgan fingerprint density at radius 2 is 2.41 bits per heavy atom. The quantitative estimate of drug-likeness (QED) is 0.750. The number of amides is 2. The van der Waals surface area contributed by atoms with Gasteiger partial charge in [-0.15, -0.1) is 0 Å². The minimum Gasteiger partial charge on any atom is -0.445 e. The summed E-state index contributed by atoms with van der Waals surface area (Å²) in [6.07, 6.45) is 1.92. The lowest BCUT2D eigenvalue weighted by Gasteiger charge is -2.33. The second-order valence-corrected chi connectivity index (χ2v) is 4.64. The van der Waals surface area contributed by atoms with E-state index in [2.05, 4.69) is 25.7 Å². The van der Waals surface area contributed by atoms with Crippen molar-refractivity contribution in [2.75, 3.05) is 19.7 Å². The van der Waals surface area contributed by atoms with Crippen LogP contribution in [0.3, 0.4) is 0 Å². The first-order chi connectivity index (χ1) is 8.02. The topological polar surface area (TPSA) is 58.6 Å². The lowest BCUT2D eigenvalue weighted by atomic mass is 10.0. The summed E-state index contributed by atoms with van der Waals surface area (Å²) in [7, 11) is 0. The van der Waals surface area contributed by atoms with Crippen molar-refractivity contribution >= 4 is 12.0 Å². The van der Waals surface area contributed by atoms with E-state index in [0.29, 0.717) is 12.5 Å². The first kappa shape index (κ1) is 13.5. The fraction of sp³-hybridized carbons (Fsp3) is 0.667. The Labute approximate surface area is 102 Å². The monoisotopic (exact) mass is 240 g/mol. The third kappa shape index (κ3) is 4.46. The van der Waals surface area contributed by atoms with Crippen molar-refractivity contribution in [2.45, 2.75) is 26.3 Å². The first-order valence-electron chi connectivity index (χ1n) is 5.85. The van der Waals surface area contributed by atoms with Gasteiger partial charge in [0.15, 0.2) is 0 Å². The Balaban J connectivity index is 2.52. The van der Waals surface area contributed by atoms with Gasteiger partial charge < -0.3 is 10.1 Å². The van der Waals surface area contributed by atoms with Crippen molar-refractivity contribution in [1.29, 1.82) is 0 Å². The summed E-state index contributed by atoms with van der Waals surface area (Å²) in [4.78, 5) is 24.5. The molecule has 0 aromatic carbocycles. The smallest absolute Gasteiger partial charge is 0.410 e. The van der Waals surface area contributed by atoms with Crippen LogP contribution in [0.4, 0.5) is 4.79 Å². The van der Waals surface area contributed by atoms with Gasteiger partial charge in [-0.05, 0) is 12.3 Å². The van der Waals surface area contributed by atoms with Crippen LogP contribution in [0.1, 0.15) is 20.3 Å². The van der Waals surface area contributed by atoms with Gasteiger partial charge in [-0.2, -0.15) is 0 Å². The minimum absolute atomic E-state index is 0.0209. The molecule has 0 aliphatic carbocycles. The van der Waals surface area contributed by atoms with Crippen LogP contribution >= 0.6 is 0 Å². The Kier molecular flexibility index (Phi) is 5.00. The Morgan fingerprint density at radius 1 is 1.71 bits per heavy atom. The van der Waals surface area contributed by atoms with E-state index < -0.39 is 6.09 Å². The average molecular weight is 240 g/mol. The number of ether oxygens (including phenoxy) is 1. The SMILES string of the molecule is C=CCOC(=O)N1CC(=O)N[C@H](CC(C)C)C1. The van der Waals surface area contributed by atoms with Gasteiger partial charge in [-0.3, -0.25) is 9.69 Å². The van der Waals surface area contributed by atoms with Crippen LogP contribution < -0.4 is 5.32 Å². The van der Waals surface area contributed by atoms with Crippen molar-refractivity contribution in [3.63, 3.8) is 0 Å². The lowest BCUT2D eigenvalue weighted by molar-refractivity contribution is -0.125. The predicted octanol–water partition coefficient (Wildman–Crippen LogP) is 1.16. The van der Waals surface area contributed by atoms with E-state index in [4.69, 9.17) is 4.74 Å². The molecule has 0 bridgehead atoms. The number of hydrogen-bond donors (Lipinski definition) is 1. The zero-order chi connectivity index (χ0) is 12.8. The highest BCUT2D eigenvalue weighted by Crippen LogP contribution is 2.10. The molecule has 1 atom stereocenters. The molecule has 0 saturated carbocycles.